The Morgan fingerprint density at radius 1 is 0.982 bits per heavy atom. The molecule has 2 aliphatic rings. The van der Waals surface area contributed by atoms with Gasteiger partial charge in [-0.25, -0.2) is 9.59 Å². The summed E-state index contributed by atoms with van der Waals surface area (Å²) in [6.07, 6.45) is -4.34. The number of pyridine rings is 1. The molecule has 0 aliphatic carbocycles. The molecule has 3 amide bonds. The Labute approximate surface area is 314 Å². The topological polar surface area (TPSA) is 164 Å². The molecule has 0 bridgehead atoms. The van der Waals surface area contributed by atoms with Crippen molar-refractivity contribution in [2.24, 2.45) is 0 Å². The van der Waals surface area contributed by atoms with Crippen LogP contribution in [0.25, 0.3) is 32.6 Å². The number of aromatic nitrogens is 3. The van der Waals surface area contributed by atoms with Gasteiger partial charge in [-0.15, -0.1) is 11.6 Å². The number of anilines is 2. The first kappa shape index (κ1) is 35.9. The van der Waals surface area contributed by atoms with Crippen LogP contribution in [-0.4, -0.2) is 99.4 Å². The van der Waals surface area contributed by atoms with Gasteiger partial charge in [-0.05, 0) is 48.3 Å². The van der Waals surface area contributed by atoms with Gasteiger partial charge in [0.1, 0.15) is 17.1 Å². The van der Waals surface area contributed by atoms with Crippen LogP contribution in [0.2, 0.25) is 0 Å². The third-order valence-corrected chi connectivity index (χ3v) is 10.4. The van der Waals surface area contributed by atoms with Gasteiger partial charge in [-0.1, -0.05) is 24.3 Å². The first-order chi connectivity index (χ1) is 26.3. The van der Waals surface area contributed by atoms with Crippen LogP contribution in [0, 0.1) is 0 Å². The predicted molar refractivity (Wildman–Crippen MR) is 198 cm³/mol. The Morgan fingerprint density at radius 3 is 2.44 bits per heavy atom. The smallest absolute Gasteiger partial charge is 0.432 e. The summed E-state index contributed by atoms with van der Waals surface area (Å²) in [4.78, 5) is 67.4. The van der Waals surface area contributed by atoms with Gasteiger partial charge >= 0.3 is 18.2 Å². The number of amides is 3. The maximum absolute atomic E-state index is 14.3. The van der Waals surface area contributed by atoms with Crippen LogP contribution in [-0.2, 0) is 6.18 Å². The van der Waals surface area contributed by atoms with Gasteiger partial charge in [0.05, 0.1) is 16.8 Å². The number of piperazine rings is 1. The summed E-state index contributed by atoms with van der Waals surface area (Å²) in [6, 6.07) is 17.0. The fourth-order valence-electron chi connectivity index (χ4n) is 7.25. The van der Waals surface area contributed by atoms with Gasteiger partial charge in [0.2, 0.25) is 0 Å². The molecule has 2 aliphatic heterocycles. The Kier molecular flexibility index (Phi) is 8.88. The maximum Gasteiger partial charge on any atom is 0.432 e. The molecule has 5 heterocycles. The third-order valence-electron chi connectivity index (χ3n) is 10.0. The molecule has 1 fully saturated rings. The maximum atomic E-state index is 14.3. The molecule has 8 rings (SSSR count). The summed E-state index contributed by atoms with van der Waals surface area (Å²) < 4.78 is 48.7. The van der Waals surface area contributed by atoms with Crippen LogP contribution in [0.1, 0.15) is 48.5 Å². The van der Waals surface area contributed by atoms with E-state index in [9.17, 15) is 37.5 Å². The van der Waals surface area contributed by atoms with Crippen molar-refractivity contribution in [1.29, 1.82) is 0 Å². The van der Waals surface area contributed by atoms with Crippen molar-refractivity contribution in [2.75, 3.05) is 55.9 Å². The number of fused-ring (bicyclic) bond motifs is 5. The second-order valence-corrected chi connectivity index (χ2v) is 13.8. The molecule has 3 aromatic carbocycles. The minimum Gasteiger partial charge on any atom is -0.478 e. The molecule has 6 aromatic rings. The normalized spacial score (nSPS) is 16.2. The van der Waals surface area contributed by atoms with Gasteiger partial charge in [-0.2, -0.15) is 13.2 Å². The number of hydrogen-bond acceptors (Lipinski definition) is 7. The van der Waals surface area contributed by atoms with E-state index >= 15 is 0 Å². The van der Waals surface area contributed by atoms with E-state index in [1.54, 1.807) is 36.5 Å². The van der Waals surface area contributed by atoms with Gasteiger partial charge < -0.3 is 39.8 Å². The largest absolute Gasteiger partial charge is 0.478 e. The van der Waals surface area contributed by atoms with Crippen molar-refractivity contribution in [3.63, 3.8) is 0 Å². The van der Waals surface area contributed by atoms with Gasteiger partial charge in [0.25, 0.3) is 11.8 Å². The summed E-state index contributed by atoms with van der Waals surface area (Å²) in [5.74, 6) is -4.23. The highest BCUT2D eigenvalue weighted by Gasteiger charge is 2.44. The fraction of sp³-hybridized carbons (Fsp3) is 0.237. The van der Waals surface area contributed by atoms with Crippen molar-refractivity contribution in [3.8, 4) is 5.75 Å². The minimum atomic E-state index is -5.11. The highest BCUT2D eigenvalue weighted by atomic mass is 35.5. The number of H-pyrrole nitrogens is 2. The van der Waals surface area contributed by atoms with Crippen LogP contribution >= 0.6 is 11.6 Å². The summed E-state index contributed by atoms with van der Waals surface area (Å²) in [5, 5.41) is 14.9. The first-order valence-electron chi connectivity index (χ1n) is 17.2. The minimum absolute atomic E-state index is 0.0500. The molecule has 1 atom stereocenters. The first-order valence-corrected chi connectivity index (χ1v) is 17.7. The molecule has 1 saturated heterocycles. The lowest BCUT2D eigenvalue weighted by Crippen LogP contribution is -2.48. The zero-order valence-corrected chi connectivity index (χ0v) is 29.7. The number of carboxylic acids is 1. The zero-order valence-electron chi connectivity index (χ0n) is 29.0. The molecule has 13 nitrogen and oxygen atoms in total. The molecular weight excluding hydrogens is 743 g/mol. The second kappa shape index (κ2) is 13.6. The van der Waals surface area contributed by atoms with Crippen molar-refractivity contribution in [2.45, 2.75) is 12.1 Å². The monoisotopic (exact) mass is 773 g/mol. The molecule has 17 heteroatoms. The van der Waals surface area contributed by atoms with Crippen molar-refractivity contribution in [3.05, 3.63) is 95.1 Å². The third kappa shape index (κ3) is 6.46. The SMILES string of the molecule is CN1CCN(C(=O)Oc2cc3c(c4c(C(=O)O)c(C(F)(F)F)[nH]c24)[C@H](CCl)CN3C(=O)c2cc3cc(NC(=O)c4cc5ccccc5cn4)ccc3[nH]2)CC1. The van der Waals surface area contributed by atoms with E-state index in [4.69, 9.17) is 16.3 Å². The molecule has 3 aromatic heterocycles. The number of hydrogen-bond donors (Lipinski definition) is 4. The van der Waals surface area contributed by atoms with Crippen LogP contribution in [0.4, 0.5) is 29.3 Å². The average Bonchev–Trinajstić information content (AvgIpc) is 3.88. The molecule has 282 valence electrons. The lowest BCUT2D eigenvalue weighted by molar-refractivity contribution is -0.141. The summed E-state index contributed by atoms with van der Waals surface area (Å²) in [5.41, 5.74) is -1.52. The number of likely N-dealkylation sites (N-methyl/N-ethyl adjacent to an activating group) is 1. The quantitative estimate of drug-likeness (QED) is 0.133. The molecule has 55 heavy (non-hydrogen) atoms. The Hall–Kier alpha value is -6.13. The number of ether oxygens (including phenoxy) is 1. The number of nitrogens with zero attached hydrogens (tertiary/aromatic N) is 4. The Balaban J connectivity index is 1.16. The number of nitrogens with one attached hydrogen (secondary N) is 3. The van der Waals surface area contributed by atoms with Crippen LogP contribution < -0.4 is 15.0 Å². The average molecular weight is 774 g/mol. The van der Waals surface area contributed by atoms with E-state index < -0.39 is 47.2 Å². The van der Waals surface area contributed by atoms with E-state index in [1.807, 2.05) is 36.2 Å². The Morgan fingerprint density at radius 2 is 1.73 bits per heavy atom. The lowest BCUT2D eigenvalue weighted by atomic mass is 9.95. The number of benzene rings is 3. The van der Waals surface area contributed by atoms with Crippen LogP contribution in [0.15, 0.2) is 66.9 Å². The summed E-state index contributed by atoms with van der Waals surface area (Å²) >= 11 is 6.35. The van der Waals surface area contributed by atoms with Crippen LogP contribution in [0.5, 0.6) is 5.75 Å². The number of carbonyl (C=O) groups excluding carboxylic acids is 3. The number of rotatable bonds is 6. The number of carboxylic acid groups (broad SMARTS) is 1. The van der Waals surface area contributed by atoms with Crippen molar-refractivity contribution < 1.29 is 42.2 Å². The molecule has 4 N–H and O–H groups in total. The zero-order chi connectivity index (χ0) is 38.8. The van der Waals surface area contributed by atoms with Gasteiger partial charge in [-0.3, -0.25) is 14.6 Å². The number of aromatic amines is 2. The van der Waals surface area contributed by atoms with E-state index in [1.165, 1.54) is 15.9 Å². The van der Waals surface area contributed by atoms with E-state index in [0.717, 1.165) is 10.8 Å². The molecule has 0 spiro atoms. The summed E-state index contributed by atoms with van der Waals surface area (Å²) in [6.45, 7) is 1.57. The molecule has 0 radical (unpaired) electrons. The van der Waals surface area contributed by atoms with E-state index in [2.05, 4.69) is 20.3 Å². The Bertz CT molecular complexity index is 2560. The molecule has 0 unspecified atom stereocenters. The van der Waals surface area contributed by atoms with Gasteiger partial charge in [0, 0.05) is 84.1 Å². The highest BCUT2D eigenvalue weighted by molar-refractivity contribution is 6.20. The predicted octanol–water partition coefficient (Wildman–Crippen LogP) is 6.90. The van der Waals surface area contributed by atoms with Crippen molar-refractivity contribution >= 4 is 79.4 Å². The lowest BCUT2D eigenvalue weighted by Gasteiger charge is -2.31. The van der Waals surface area contributed by atoms with E-state index in [0.29, 0.717) is 42.8 Å². The highest BCUT2D eigenvalue weighted by Crippen LogP contribution is 2.49. The van der Waals surface area contributed by atoms with E-state index in [-0.39, 0.29) is 51.7 Å². The number of halogens is 4. The van der Waals surface area contributed by atoms with Crippen molar-refractivity contribution in [1.82, 2.24) is 24.8 Å². The van der Waals surface area contributed by atoms with Crippen LogP contribution in [0.3, 0.4) is 0 Å². The van der Waals surface area contributed by atoms with Gasteiger partial charge in [0.15, 0.2) is 5.75 Å². The second-order valence-electron chi connectivity index (χ2n) is 13.5. The molecule has 0 saturated carbocycles. The number of aromatic carboxylic acids is 1. The fourth-order valence-corrected chi connectivity index (χ4v) is 7.50. The number of carbonyl (C=O) groups is 4. The standard InChI is InChI=1S/C38H31ClF3N7O6/c1-47-8-10-48(11-9-47)37(54)55-28-15-27-29(30-31(36(52)53)33(38(40,41)42)46-32(28)30)22(16-39)18-49(27)35(51)26-14-21-12-23(6-7-24(21)45-26)44-34(50)25-13-19-4-2-3-5-20(19)17-43-25/h2-7,12-15,17,22,45-46H,8-11,16,18H2,1H3,(H,44,50)(H,52,53)/t22-/m1/s1. The summed E-state index contributed by atoms with van der Waals surface area (Å²) in [7, 11) is 1.88. The number of alkyl halides is 4. The molecular formula is C38H31ClF3N7O6.